The molecule has 1 heterocycles. The Morgan fingerprint density at radius 2 is 2.05 bits per heavy atom. The van der Waals surface area contributed by atoms with Gasteiger partial charge in [-0.2, -0.15) is 13.2 Å². The molecule has 0 saturated carbocycles. The van der Waals surface area contributed by atoms with Gasteiger partial charge < -0.3 is 10.2 Å². The van der Waals surface area contributed by atoms with E-state index in [1.54, 1.807) is 0 Å². The van der Waals surface area contributed by atoms with Crippen molar-refractivity contribution in [3.8, 4) is 0 Å². The number of nitrogens with one attached hydrogen (secondary N) is 1. The highest BCUT2D eigenvalue weighted by Gasteiger charge is 2.36. The molecule has 1 amide bonds. The molecule has 2 atom stereocenters. The zero-order valence-corrected chi connectivity index (χ0v) is 11.6. The molecule has 112 valence electrons. The average molecular weight is 280 g/mol. The topological polar surface area (TPSA) is 32.3 Å². The first-order valence-electron chi connectivity index (χ1n) is 6.95. The summed E-state index contributed by atoms with van der Waals surface area (Å²) in [7, 11) is 0. The van der Waals surface area contributed by atoms with Crippen LogP contribution in [0.2, 0.25) is 0 Å². The van der Waals surface area contributed by atoms with Crippen LogP contribution in [0.1, 0.15) is 39.5 Å². The maximum atomic E-state index is 12.2. The molecule has 0 aliphatic carbocycles. The normalized spacial score (nSPS) is 24.6. The Bertz CT molecular complexity index is 294. The molecule has 1 fully saturated rings. The van der Waals surface area contributed by atoms with Gasteiger partial charge in [0.1, 0.15) is 6.42 Å². The Labute approximate surface area is 112 Å². The third-order valence-electron chi connectivity index (χ3n) is 3.62. The lowest BCUT2D eigenvalue weighted by Crippen LogP contribution is -2.51. The van der Waals surface area contributed by atoms with E-state index in [0.717, 1.165) is 25.8 Å². The minimum atomic E-state index is -4.41. The molecule has 0 bridgehead atoms. The Hall–Kier alpha value is -0.780. The molecule has 0 aromatic rings. The van der Waals surface area contributed by atoms with Crippen LogP contribution >= 0.6 is 0 Å². The minimum Gasteiger partial charge on any atom is -0.342 e. The van der Waals surface area contributed by atoms with E-state index in [9.17, 15) is 18.0 Å². The highest BCUT2D eigenvalue weighted by atomic mass is 19.4. The Morgan fingerprint density at radius 3 is 2.58 bits per heavy atom. The van der Waals surface area contributed by atoms with Crippen LogP contribution in [0.3, 0.4) is 0 Å². The Morgan fingerprint density at radius 1 is 1.37 bits per heavy atom. The van der Waals surface area contributed by atoms with Gasteiger partial charge in [0.25, 0.3) is 0 Å². The van der Waals surface area contributed by atoms with Crippen LogP contribution in [0.15, 0.2) is 0 Å². The van der Waals surface area contributed by atoms with Crippen molar-refractivity contribution in [2.45, 2.75) is 51.7 Å². The van der Waals surface area contributed by atoms with E-state index in [-0.39, 0.29) is 5.92 Å². The first kappa shape index (κ1) is 16.3. The van der Waals surface area contributed by atoms with E-state index >= 15 is 0 Å². The van der Waals surface area contributed by atoms with Gasteiger partial charge in [-0.15, -0.1) is 0 Å². The van der Waals surface area contributed by atoms with Crippen molar-refractivity contribution in [2.24, 2.45) is 5.92 Å². The second kappa shape index (κ2) is 7.12. The average Bonchev–Trinajstić information content (AvgIpc) is 2.34. The number of hydrogen-bond donors (Lipinski definition) is 1. The van der Waals surface area contributed by atoms with E-state index in [1.807, 2.05) is 6.92 Å². The fourth-order valence-corrected chi connectivity index (χ4v) is 2.55. The van der Waals surface area contributed by atoms with Gasteiger partial charge >= 0.3 is 6.18 Å². The van der Waals surface area contributed by atoms with Gasteiger partial charge in [0.2, 0.25) is 5.91 Å². The molecule has 1 saturated heterocycles. The van der Waals surface area contributed by atoms with Crippen molar-refractivity contribution in [2.75, 3.05) is 19.6 Å². The van der Waals surface area contributed by atoms with E-state index in [2.05, 4.69) is 12.2 Å². The molecule has 3 nitrogen and oxygen atoms in total. The predicted octanol–water partition coefficient (Wildman–Crippen LogP) is 2.57. The largest absolute Gasteiger partial charge is 0.397 e. The first-order chi connectivity index (χ1) is 8.87. The summed E-state index contributed by atoms with van der Waals surface area (Å²) in [5.74, 6) is -0.544. The highest BCUT2D eigenvalue weighted by Crippen LogP contribution is 2.25. The molecule has 0 aromatic heterocycles. The van der Waals surface area contributed by atoms with E-state index in [0.29, 0.717) is 19.1 Å². The Balaban J connectivity index is 2.51. The van der Waals surface area contributed by atoms with Crippen LogP contribution in [0.5, 0.6) is 0 Å². The van der Waals surface area contributed by atoms with Crippen molar-refractivity contribution in [3.05, 3.63) is 0 Å². The summed E-state index contributed by atoms with van der Waals surface area (Å²) in [6, 6.07) is 0.319. The number of nitrogens with zero attached hydrogens (tertiary/aromatic N) is 1. The maximum absolute atomic E-state index is 12.2. The Kier molecular flexibility index (Phi) is 6.10. The first-order valence-corrected chi connectivity index (χ1v) is 6.95. The third-order valence-corrected chi connectivity index (χ3v) is 3.62. The van der Waals surface area contributed by atoms with Crippen molar-refractivity contribution in [3.63, 3.8) is 0 Å². The lowest BCUT2D eigenvalue weighted by Gasteiger charge is -2.39. The summed E-state index contributed by atoms with van der Waals surface area (Å²) in [5, 5.41) is 3.42. The molecule has 19 heavy (non-hydrogen) atoms. The lowest BCUT2D eigenvalue weighted by molar-refractivity contribution is -0.162. The van der Waals surface area contributed by atoms with Crippen molar-refractivity contribution in [1.29, 1.82) is 0 Å². The standard InChI is InChI=1S/C13H23F3N2O/c1-3-6-17-11-5-7-18(9-10(11)4-2)12(19)8-13(14,15)16/h10-11,17H,3-9H2,1-2H3. The van der Waals surface area contributed by atoms with Crippen molar-refractivity contribution < 1.29 is 18.0 Å². The zero-order valence-electron chi connectivity index (χ0n) is 11.6. The molecule has 0 spiro atoms. The van der Waals surface area contributed by atoms with Crippen LogP contribution in [0, 0.1) is 5.92 Å². The van der Waals surface area contributed by atoms with Crippen LogP contribution in [-0.4, -0.2) is 42.7 Å². The fraction of sp³-hybridized carbons (Fsp3) is 0.923. The zero-order chi connectivity index (χ0) is 14.5. The van der Waals surface area contributed by atoms with Gasteiger partial charge in [0, 0.05) is 19.1 Å². The number of likely N-dealkylation sites (tertiary alicyclic amines) is 1. The number of carbonyl (C=O) groups is 1. The van der Waals surface area contributed by atoms with Gasteiger partial charge in [-0.25, -0.2) is 0 Å². The SMILES string of the molecule is CCCNC1CCN(C(=O)CC(F)(F)F)CC1CC. The molecule has 6 heteroatoms. The summed E-state index contributed by atoms with van der Waals surface area (Å²) in [6.45, 7) is 5.87. The highest BCUT2D eigenvalue weighted by molar-refractivity contribution is 5.77. The molecule has 1 aliphatic heterocycles. The van der Waals surface area contributed by atoms with E-state index < -0.39 is 18.5 Å². The van der Waals surface area contributed by atoms with Gasteiger partial charge in [-0.3, -0.25) is 4.79 Å². The summed E-state index contributed by atoms with van der Waals surface area (Å²) in [4.78, 5) is 12.9. The molecule has 0 aromatic carbocycles. The number of hydrogen-bond acceptors (Lipinski definition) is 2. The smallest absolute Gasteiger partial charge is 0.342 e. The van der Waals surface area contributed by atoms with Gasteiger partial charge in [-0.05, 0) is 25.3 Å². The quantitative estimate of drug-likeness (QED) is 0.839. The molecule has 1 rings (SSSR count). The number of halogens is 3. The molecule has 1 N–H and O–H groups in total. The summed E-state index contributed by atoms with van der Waals surface area (Å²) >= 11 is 0. The molecular formula is C13H23F3N2O. The number of amides is 1. The van der Waals surface area contributed by atoms with Gasteiger partial charge in [0.15, 0.2) is 0 Å². The number of rotatable bonds is 5. The number of alkyl halides is 3. The van der Waals surface area contributed by atoms with Crippen molar-refractivity contribution in [1.82, 2.24) is 10.2 Å². The predicted molar refractivity (Wildman–Crippen MR) is 67.7 cm³/mol. The molecular weight excluding hydrogens is 257 g/mol. The molecule has 1 aliphatic rings. The summed E-state index contributed by atoms with van der Waals surface area (Å²) in [6.07, 6.45) is -3.10. The monoisotopic (exact) mass is 280 g/mol. The van der Waals surface area contributed by atoms with Crippen LogP contribution < -0.4 is 5.32 Å². The second-order valence-electron chi connectivity index (χ2n) is 5.15. The second-order valence-corrected chi connectivity index (χ2v) is 5.15. The van der Waals surface area contributed by atoms with E-state index in [1.165, 1.54) is 4.90 Å². The summed E-state index contributed by atoms with van der Waals surface area (Å²) < 4.78 is 36.7. The minimum absolute atomic E-state index is 0.248. The number of carbonyl (C=O) groups excluding carboxylic acids is 1. The van der Waals surface area contributed by atoms with Gasteiger partial charge in [0.05, 0.1) is 0 Å². The fourth-order valence-electron chi connectivity index (χ4n) is 2.55. The van der Waals surface area contributed by atoms with Crippen molar-refractivity contribution >= 4 is 5.91 Å². The lowest BCUT2D eigenvalue weighted by atomic mass is 9.89. The molecule has 0 radical (unpaired) electrons. The van der Waals surface area contributed by atoms with E-state index in [4.69, 9.17) is 0 Å². The van der Waals surface area contributed by atoms with Gasteiger partial charge in [-0.1, -0.05) is 20.3 Å². The van der Waals surface area contributed by atoms with Crippen LogP contribution in [-0.2, 0) is 4.79 Å². The van der Waals surface area contributed by atoms with Crippen LogP contribution in [0.4, 0.5) is 13.2 Å². The maximum Gasteiger partial charge on any atom is 0.397 e. The van der Waals surface area contributed by atoms with Crippen LogP contribution in [0.25, 0.3) is 0 Å². The third kappa shape index (κ3) is 5.38. The summed E-state index contributed by atoms with van der Waals surface area (Å²) in [5.41, 5.74) is 0. The number of piperidine rings is 1. The molecule has 2 unspecified atom stereocenters.